The lowest BCUT2D eigenvalue weighted by Gasteiger charge is -2.31. The number of amides is 1. The van der Waals surface area contributed by atoms with E-state index in [-0.39, 0.29) is 11.8 Å². The first-order valence-corrected chi connectivity index (χ1v) is 10.9. The van der Waals surface area contributed by atoms with E-state index < -0.39 is 0 Å². The molecule has 1 unspecified atom stereocenters. The largest absolute Gasteiger partial charge is 0.379 e. The lowest BCUT2D eigenvalue weighted by molar-refractivity contribution is -0.125. The maximum Gasteiger partial charge on any atom is 0.225 e. The van der Waals surface area contributed by atoms with Crippen molar-refractivity contribution in [1.29, 1.82) is 0 Å². The number of fused-ring (bicyclic) bond motifs is 1. The normalized spacial score (nSPS) is 24.0. The Balaban J connectivity index is 1.27. The molecule has 4 rings (SSSR count). The van der Waals surface area contributed by atoms with Gasteiger partial charge in [0.1, 0.15) is 0 Å². The van der Waals surface area contributed by atoms with E-state index in [9.17, 15) is 4.79 Å². The molecule has 28 heavy (non-hydrogen) atoms. The summed E-state index contributed by atoms with van der Waals surface area (Å²) < 4.78 is 5.36. The van der Waals surface area contributed by atoms with Crippen LogP contribution in [0.1, 0.15) is 37.4 Å². The van der Waals surface area contributed by atoms with Gasteiger partial charge >= 0.3 is 0 Å². The van der Waals surface area contributed by atoms with E-state index in [4.69, 9.17) is 9.72 Å². The molecule has 0 aromatic carbocycles. The third-order valence-corrected chi connectivity index (χ3v) is 6.41. The Morgan fingerprint density at radius 3 is 2.79 bits per heavy atom. The van der Waals surface area contributed by atoms with Gasteiger partial charge in [-0.05, 0) is 43.6 Å². The van der Waals surface area contributed by atoms with Gasteiger partial charge in [-0.25, -0.2) is 9.97 Å². The molecule has 3 heterocycles. The lowest BCUT2D eigenvalue weighted by Crippen LogP contribution is -2.43. The molecule has 7 heteroatoms. The van der Waals surface area contributed by atoms with Crippen molar-refractivity contribution in [3.8, 4) is 0 Å². The van der Waals surface area contributed by atoms with E-state index in [1.165, 1.54) is 12.8 Å². The minimum absolute atomic E-state index is 0.0440. The Kier molecular flexibility index (Phi) is 6.42. The molecule has 7 nitrogen and oxygen atoms in total. The quantitative estimate of drug-likeness (QED) is 0.820. The van der Waals surface area contributed by atoms with E-state index in [0.717, 1.165) is 88.3 Å². The zero-order chi connectivity index (χ0) is 19.3. The molecule has 1 aromatic heterocycles. The number of aryl methyl sites for hydroxylation is 1. The number of nitrogens with one attached hydrogen (secondary N) is 1. The van der Waals surface area contributed by atoms with Crippen LogP contribution in [0.15, 0.2) is 6.20 Å². The smallest absolute Gasteiger partial charge is 0.225 e. The zero-order valence-electron chi connectivity index (χ0n) is 17.0. The van der Waals surface area contributed by atoms with Crippen molar-refractivity contribution in [2.75, 3.05) is 57.4 Å². The number of carbonyl (C=O) groups excluding carboxylic acids is 1. The molecule has 0 radical (unpaired) electrons. The summed E-state index contributed by atoms with van der Waals surface area (Å²) >= 11 is 0. The highest BCUT2D eigenvalue weighted by Crippen LogP contribution is 2.27. The predicted molar refractivity (Wildman–Crippen MR) is 108 cm³/mol. The molecule has 2 fully saturated rings. The number of carbonyl (C=O) groups is 1. The van der Waals surface area contributed by atoms with E-state index >= 15 is 0 Å². The van der Waals surface area contributed by atoms with Gasteiger partial charge in [0, 0.05) is 57.1 Å². The number of nitrogens with zero attached hydrogens (tertiary/aromatic N) is 4. The van der Waals surface area contributed by atoms with Crippen LogP contribution in [0.25, 0.3) is 0 Å². The molecule has 1 amide bonds. The molecule has 3 aliphatic rings. The second kappa shape index (κ2) is 9.18. The standard InChI is InChI=1S/C21H33N5O2/c1-16-4-7-26(8-5-16)21-23-15-18-14-17(2-3-19(18)24-21)20(27)22-6-9-25-10-12-28-13-11-25/h15-17H,2-14H2,1H3,(H,22,27). The number of piperidine rings is 1. The van der Waals surface area contributed by atoms with Crippen LogP contribution in [0.3, 0.4) is 0 Å². The molecule has 0 saturated carbocycles. The van der Waals surface area contributed by atoms with Crippen molar-refractivity contribution in [3.05, 3.63) is 17.5 Å². The van der Waals surface area contributed by atoms with Crippen molar-refractivity contribution >= 4 is 11.9 Å². The topological polar surface area (TPSA) is 70.6 Å². The van der Waals surface area contributed by atoms with Gasteiger partial charge in [-0.2, -0.15) is 0 Å². The summed E-state index contributed by atoms with van der Waals surface area (Å²) in [6.07, 6.45) is 6.90. The summed E-state index contributed by atoms with van der Waals surface area (Å²) in [5, 5.41) is 3.13. The van der Waals surface area contributed by atoms with E-state index in [0.29, 0.717) is 6.54 Å². The van der Waals surface area contributed by atoms with Gasteiger partial charge in [-0.1, -0.05) is 6.92 Å². The van der Waals surface area contributed by atoms with Crippen LogP contribution in [-0.4, -0.2) is 73.3 Å². The van der Waals surface area contributed by atoms with Gasteiger partial charge in [0.05, 0.1) is 13.2 Å². The number of hydrogen-bond acceptors (Lipinski definition) is 6. The molecule has 1 aromatic rings. The molecule has 154 valence electrons. The minimum atomic E-state index is 0.0440. The number of aromatic nitrogens is 2. The van der Waals surface area contributed by atoms with Crippen molar-refractivity contribution in [2.45, 2.75) is 39.0 Å². The van der Waals surface area contributed by atoms with Crippen molar-refractivity contribution in [1.82, 2.24) is 20.2 Å². The number of anilines is 1. The van der Waals surface area contributed by atoms with E-state index in [2.05, 4.69) is 27.0 Å². The molecule has 0 bridgehead atoms. The lowest BCUT2D eigenvalue weighted by atomic mass is 9.86. The molecule has 1 N–H and O–H groups in total. The first-order chi connectivity index (χ1) is 13.7. The summed E-state index contributed by atoms with van der Waals surface area (Å²) in [4.78, 5) is 26.7. The van der Waals surface area contributed by atoms with Crippen LogP contribution in [0.4, 0.5) is 5.95 Å². The molecule has 0 spiro atoms. The molecular weight excluding hydrogens is 354 g/mol. The van der Waals surface area contributed by atoms with Crippen molar-refractivity contribution < 1.29 is 9.53 Å². The summed E-state index contributed by atoms with van der Waals surface area (Å²) in [6.45, 7) is 9.55. The molecule has 2 saturated heterocycles. The first kappa shape index (κ1) is 19.6. The average molecular weight is 388 g/mol. The predicted octanol–water partition coefficient (Wildman–Crippen LogP) is 1.27. The Labute approximate surface area is 167 Å². The Bertz CT molecular complexity index is 669. The second-order valence-electron chi connectivity index (χ2n) is 8.50. The maximum atomic E-state index is 12.6. The number of hydrogen-bond donors (Lipinski definition) is 1. The van der Waals surface area contributed by atoms with Crippen LogP contribution in [-0.2, 0) is 22.4 Å². The summed E-state index contributed by atoms with van der Waals surface area (Å²) in [5.41, 5.74) is 2.29. The summed E-state index contributed by atoms with van der Waals surface area (Å²) in [6, 6.07) is 0. The fraction of sp³-hybridized carbons (Fsp3) is 0.762. The van der Waals surface area contributed by atoms with Crippen LogP contribution in [0.5, 0.6) is 0 Å². The molecular formula is C21H33N5O2. The highest BCUT2D eigenvalue weighted by molar-refractivity contribution is 5.79. The van der Waals surface area contributed by atoms with Crippen LogP contribution in [0, 0.1) is 11.8 Å². The first-order valence-electron chi connectivity index (χ1n) is 10.9. The van der Waals surface area contributed by atoms with Crippen molar-refractivity contribution in [2.24, 2.45) is 11.8 Å². The van der Waals surface area contributed by atoms with Crippen LogP contribution in [0.2, 0.25) is 0 Å². The third kappa shape index (κ3) is 4.81. The zero-order valence-corrected chi connectivity index (χ0v) is 17.0. The average Bonchev–Trinajstić information content (AvgIpc) is 2.74. The number of ether oxygens (including phenoxy) is 1. The second-order valence-corrected chi connectivity index (χ2v) is 8.50. The highest BCUT2D eigenvalue weighted by atomic mass is 16.5. The Morgan fingerprint density at radius 1 is 1.21 bits per heavy atom. The van der Waals surface area contributed by atoms with Gasteiger partial charge < -0.3 is 15.0 Å². The fourth-order valence-electron chi connectivity index (χ4n) is 4.39. The minimum Gasteiger partial charge on any atom is -0.379 e. The molecule has 2 aliphatic heterocycles. The highest BCUT2D eigenvalue weighted by Gasteiger charge is 2.27. The third-order valence-electron chi connectivity index (χ3n) is 6.41. The fourth-order valence-corrected chi connectivity index (χ4v) is 4.39. The monoisotopic (exact) mass is 387 g/mol. The van der Waals surface area contributed by atoms with Crippen molar-refractivity contribution in [3.63, 3.8) is 0 Å². The van der Waals surface area contributed by atoms with E-state index in [1.807, 2.05) is 6.20 Å². The molecule has 1 atom stereocenters. The SMILES string of the molecule is CC1CCN(c2ncc3c(n2)CCC(C(=O)NCCN2CCOCC2)C3)CC1. The number of morpholine rings is 1. The van der Waals surface area contributed by atoms with Gasteiger partial charge in [0.15, 0.2) is 0 Å². The van der Waals surface area contributed by atoms with E-state index in [1.54, 1.807) is 0 Å². The summed E-state index contributed by atoms with van der Waals surface area (Å²) in [5.74, 6) is 1.89. The van der Waals surface area contributed by atoms with Gasteiger partial charge in [0.25, 0.3) is 0 Å². The van der Waals surface area contributed by atoms with Gasteiger partial charge in [-0.3, -0.25) is 9.69 Å². The Hall–Kier alpha value is -1.73. The van der Waals surface area contributed by atoms with Crippen LogP contribution >= 0.6 is 0 Å². The van der Waals surface area contributed by atoms with Gasteiger partial charge in [-0.15, -0.1) is 0 Å². The van der Waals surface area contributed by atoms with Crippen LogP contribution < -0.4 is 10.2 Å². The maximum absolute atomic E-state index is 12.6. The molecule has 1 aliphatic carbocycles. The number of rotatable bonds is 5. The van der Waals surface area contributed by atoms with Gasteiger partial charge in [0.2, 0.25) is 11.9 Å². The summed E-state index contributed by atoms with van der Waals surface area (Å²) in [7, 11) is 0. The Morgan fingerprint density at radius 2 is 2.00 bits per heavy atom.